The second-order valence-electron chi connectivity index (χ2n) is 8.20. The summed E-state index contributed by atoms with van der Waals surface area (Å²) in [6.45, 7) is 1.94. The quantitative estimate of drug-likeness (QED) is 0.373. The summed E-state index contributed by atoms with van der Waals surface area (Å²) in [6, 6.07) is 20.8. The SMILES string of the molecule is COc1cncc(-c2cccc3cc(C(C)Nc4ncc(C#N)cn4)n(-c4ccccc4)c(=O)c23)c1. The first-order chi connectivity index (χ1) is 17.6. The van der Waals surface area contributed by atoms with E-state index in [1.165, 1.54) is 12.4 Å². The van der Waals surface area contributed by atoms with Gasteiger partial charge in [0, 0.05) is 23.1 Å². The normalized spacial score (nSPS) is 11.6. The number of hydrogen-bond donors (Lipinski definition) is 1. The number of nitrogens with one attached hydrogen (secondary N) is 1. The van der Waals surface area contributed by atoms with E-state index in [1.807, 2.05) is 73.7 Å². The largest absolute Gasteiger partial charge is 0.495 e. The summed E-state index contributed by atoms with van der Waals surface area (Å²) in [7, 11) is 1.59. The Morgan fingerprint density at radius 1 is 1.00 bits per heavy atom. The van der Waals surface area contributed by atoms with Crippen molar-refractivity contribution in [2.75, 3.05) is 12.4 Å². The van der Waals surface area contributed by atoms with Gasteiger partial charge in [-0.3, -0.25) is 14.3 Å². The summed E-state index contributed by atoms with van der Waals surface area (Å²) < 4.78 is 7.06. The van der Waals surface area contributed by atoms with Crippen molar-refractivity contribution >= 4 is 16.7 Å². The van der Waals surface area contributed by atoms with E-state index < -0.39 is 0 Å². The van der Waals surface area contributed by atoms with E-state index in [-0.39, 0.29) is 11.6 Å². The molecule has 0 fully saturated rings. The predicted octanol–water partition coefficient (Wildman–Crippen LogP) is 4.90. The number of para-hydroxylation sites is 1. The number of ether oxygens (including phenoxy) is 1. The summed E-state index contributed by atoms with van der Waals surface area (Å²) in [6.07, 6.45) is 6.28. The Kier molecular flexibility index (Phi) is 6.12. The Morgan fingerprint density at radius 3 is 2.50 bits per heavy atom. The molecule has 1 atom stereocenters. The van der Waals surface area contributed by atoms with E-state index in [9.17, 15) is 4.79 Å². The van der Waals surface area contributed by atoms with Crippen LogP contribution in [0.2, 0.25) is 0 Å². The molecule has 36 heavy (non-hydrogen) atoms. The topological polar surface area (TPSA) is 106 Å². The third kappa shape index (κ3) is 4.26. The molecule has 0 radical (unpaired) electrons. The van der Waals surface area contributed by atoms with Crippen molar-refractivity contribution in [1.29, 1.82) is 5.26 Å². The van der Waals surface area contributed by atoms with Crippen molar-refractivity contribution in [1.82, 2.24) is 19.5 Å². The lowest BCUT2D eigenvalue weighted by atomic mass is 9.98. The molecule has 0 amide bonds. The molecule has 8 nitrogen and oxygen atoms in total. The molecule has 1 unspecified atom stereocenters. The maximum Gasteiger partial charge on any atom is 0.263 e. The van der Waals surface area contributed by atoms with Gasteiger partial charge in [-0.15, -0.1) is 0 Å². The highest BCUT2D eigenvalue weighted by molar-refractivity contribution is 5.96. The number of pyridine rings is 2. The standard InChI is InChI=1S/C28H22N6O2/c1-18(33-28-31-14-19(13-29)15-32-28)25-12-20-7-6-10-24(21-11-23(36-2)17-30-16-21)26(20)27(35)34(25)22-8-4-3-5-9-22/h3-12,14-18H,1-2H3,(H,31,32,33). The zero-order valence-electron chi connectivity index (χ0n) is 19.7. The fourth-order valence-corrected chi connectivity index (χ4v) is 4.19. The maximum atomic E-state index is 14.2. The minimum atomic E-state index is -0.322. The summed E-state index contributed by atoms with van der Waals surface area (Å²) in [5.74, 6) is 0.981. The summed E-state index contributed by atoms with van der Waals surface area (Å²) in [4.78, 5) is 26.9. The summed E-state index contributed by atoms with van der Waals surface area (Å²) in [5, 5.41) is 13.7. The third-order valence-electron chi connectivity index (χ3n) is 5.92. The molecule has 5 rings (SSSR count). The third-order valence-corrected chi connectivity index (χ3v) is 5.92. The van der Waals surface area contributed by atoms with Crippen molar-refractivity contribution in [3.63, 3.8) is 0 Å². The Hall–Kier alpha value is -5.03. The minimum Gasteiger partial charge on any atom is -0.495 e. The molecule has 0 spiro atoms. The van der Waals surface area contributed by atoms with Gasteiger partial charge in [-0.2, -0.15) is 5.26 Å². The first-order valence-corrected chi connectivity index (χ1v) is 11.3. The lowest BCUT2D eigenvalue weighted by molar-refractivity contribution is 0.413. The molecular weight excluding hydrogens is 452 g/mol. The number of nitriles is 1. The Bertz CT molecular complexity index is 1640. The van der Waals surface area contributed by atoms with E-state index in [0.29, 0.717) is 22.6 Å². The number of methoxy groups -OCH3 is 1. The van der Waals surface area contributed by atoms with Crippen LogP contribution in [-0.2, 0) is 0 Å². The highest BCUT2D eigenvalue weighted by Gasteiger charge is 2.19. The highest BCUT2D eigenvalue weighted by atomic mass is 16.5. The molecule has 0 saturated carbocycles. The van der Waals surface area contributed by atoms with Gasteiger partial charge in [0.05, 0.1) is 42.7 Å². The Morgan fingerprint density at radius 2 is 1.78 bits per heavy atom. The van der Waals surface area contributed by atoms with Gasteiger partial charge >= 0.3 is 0 Å². The van der Waals surface area contributed by atoms with Crippen molar-refractivity contribution in [2.24, 2.45) is 0 Å². The molecule has 1 N–H and O–H groups in total. The van der Waals surface area contributed by atoms with Crippen LogP contribution in [0.5, 0.6) is 5.75 Å². The average molecular weight is 475 g/mol. The van der Waals surface area contributed by atoms with Crippen molar-refractivity contribution in [3.05, 3.63) is 107 Å². The lowest BCUT2D eigenvalue weighted by Crippen LogP contribution is -2.26. The van der Waals surface area contributed by atoms with Gasteiger partial charge in [-0.1, -0.05) is 36.4 Å². The maximum absolute atomic E-state index is 14.2. The van der Waals surface area contributed by atoms with E-state index >= 15 is 0 Å². The highest BCUT2D eigenvalue weighted by Crippen LogP contribution is 2.31. The summed E-state index contributed by atoms with van der Waals surface area (Å²) >= 11 is 0. The van der Waals surface area contributed by atoms with Gasteiger partial charge in [-0.05, 0) is 42.1 Å². The fourth-order valence-electron chi connectivity index (χ4n) is 4.19. The molecule has 5 aromatic rings. The zero-order chi connectivity index (χ0) is 25.1. The van der Waals surface area contributed by atoms with Gasteiger partial charge < -0.3 is 10.1 Å². The molecule has 8 heteroatoms. The van der Waals surface area contributed by atoms with Crippen molar-refractivity contribution in [2.45, 2.75) is 13.0 Å². The molecule has 2 aromatic carbocycles. The second kappa shape index (κ2) is 9.68. The van der Waals surface area contributed by atoms with Gasteiger partial charge in [0.15, 0.2) is 0 Å². The number of nitrogens with zero attached hydrogens (tertiary/aromatic N) is 5. The smallest absolute Gasteiger partial charge is 0.263 e. The van der Waals surface area contributed by atoms with Gasteiger partial charge in [-0.25, -0.2) is 9.97 Å². The first kappa shape index (κ1) is 22.7. The predicted molar refractivity (Wildman–Crippen MR) is 138 cm³/mol. The first-order valence-electron chi connectivity index (χ1n) is 11.3. The van der Waals surface area contributed by atoms with Crippen molar-refractivity contribution in [3.8, 4) is 28.6 Å². The fraction of sp³-hybridized carbons (Fsp3) is 0.107. The van der Waals surface area contributed by atoms with E-state index in [4.69, 9.17) is 10.00 Å². The Balaban J connectivity index is 1.71. The van der Waals surface area contributed by atoms with Crippen LogP contribution in [0.3, 0.4) is 0 Å². The number of fused-ring (bicyclic) bond motifs is 1. The van der Waals surface area contributed by atoms with Crippen LogP contribution in [0.15, 0.2) is 90.2 Å². The van der Waals surface area contributed by atoms with Crippen LogP contribution in [-0.4, -0.2) is 26.6 Å². The molecule has 0 bridgehead atoms. The van der Waals surface area contributed by atoms with Crippen LogP contribution < -0.4 is 15.6 Å². The van der Waals surface area contributed by atoms with Crippen LogP contribution in [0.4, 0.5) is 5.95 Å². The molecule has 3 aromatic heterocycles. The molecule has 176 valence electrons. The number of aromatic nitrogens is 4. The van der Waals surface area contributed by atoms with Crippen molar-refractivity contribution < 1.29 is 4.74 Å². The van der Waals surface area contributed by atoms with Crippen LogP contribution in [0.1, 0.15) is 24.2 Å². The van der Waals surface area contributed by atoms with E-state index in [1.54, 1.807) is 24.1 Å². The monoisotopic (exact) mass is 474 g/mol. The van der Waals surface area contributed by atoms with Crippen LogP contribution in [0, 0.1) is 11.3 Å². The molecule has 0 aliphatic carbocycles. The minimum absolute atomic E-state index is 0.151. The molecule has 0 aliphatic rings. The second-order valence-corrected chi connectivity index (χ2v) is 8.20. The number of benzene rings is 2. The molecule has 3 heterocycles. The Labute approximate surface area is 207 Å². The molecule has 0 saturated heterocycles. The average Bonchev–Trinajstić information content (AvgIpc) is 2.93. The lowest BCUT2D eigenvalue weighted by Gasteiger charge is -2.21. The van der Waals surface area contributed by atoms with Gasteiger partial charge in [0.1, 0.15) is 11.8 Å². The van der Waals surface area contributed by atoms with E-state index in [0.717, 1.165) is 27.9 Å². The van der Waals surface area contributed by atoms with Gasteiger partial charge in [0.2, 0.25) is 5.95 Å². The van der Waals surface area contributed by atoms with Crippen LogP contribution >= 0.6 is 0 Å². The summed E-state index contributed by atoms with van der Waals surface area (Å²) in [5.41, 5.74) is 3.28. The van der Waals surface area contributed by atoms with E-state index in [2.05, 4.69) is 20.3 Å². The zero-order valence-corrected chi connectivity index (χ0v) is 19.7. The molecular formula is C28H22N6O2. The number of rotatable bonds is 6. The number of anilines is 1. The number of hydrogen-bond acceptors (Lipinski definition) is 7. The van der Waals surface area contributed by atoms with Crippen LogP contribution in [0.25, 0.3) is 27.6 Å². The molecule has 0 aliphatic heterocycles. The van der Waals surface area contributed by atoms with Gasteiger partial charge in [0.25, 0.3) is 5.56 Å².